The second kappa shape index (κ2) is 5.20. The summed E-state index contributed by atoms with van der Waals surface area (Å²) in [5.41, 5.74) is 0.976. The number of nitrogens with zero attached hydrogens (tertiary/aromatic N) is 4. The van der Waals surface area contributed by atoms with Crippen molar-refractivity contribution in [3.05, 3.63) is 30.4 Å². The van der Waals surface area contributed by atoms with Gasteiger partial charge in [-0.25, -0.2) is 9.97 Å². The molecule has 2 aromatic heterocycles. The number of carboxylic acid groups (broad SMARTS) is 1. The van der Waals surface area contributed by atoms with Crippen LogP contribution in [0.5, 0.6) is 0 Å². The molecule has 0 saturated carbocycles. The van der Waals surface area contributed by atoms with Gasteiger partial charge in [0.15, 0.2) is 0 Å². The second-order valence-corrected chi connectivity index (χ2v) is 5.44. The van der Waals surface area contributed by atoms with Crippen LogP contribution in [0.25, 0.3) is 5.78 Å². The quantitative estimate of drug-likeness (QED) is 0.916. The molecule has 0 radical (unpaired) electrons. The molecule has 3 rings (SSSR count). The molecule has 1 aliphatic rings. The largest absolute Gasteiger partial charge is 0.481 e. The van der Waals surface area contributed by atoms with E-state index in [0.29, 0.717) is 18.6 Å². The molecule has 6 nitrogen and oxygen atoms in total. The number of hydrogen-bond acceptors (Lipinski definition) is 4. The van der Waals surface area contributed by atoms with Crippen LogP contribution in [0.3, 0.4) is 0 Å². The molecule has 2 aromatic rings. The molecule has 0 amide bonds. The topological polar surface area (TPSA) is 70.7 Å². The Hall–Kier alpha value is -1.95. The summed E-state index contributed by atoms with van der Waals surface area (Å²) in [7, 11) is 0. The van der Waals surface area contributed by atoms with E-state index >= 15 is 0 Å². The van der Waals surface area contributed by atoms with E-state index in [-0.39, 0.29) is 12.0 Å². The van der Waals surface area contributed by atoms with E-state index in [1.165, 1.54) is 0 Å². The third-order valence-corrected chi connectivity index (χ3v) is 4.01. The molecule has 20 heavy (non-hydrogen) atoms. The molecule has 0 bridgehead atoms. The highest BCUT2D eigenvalue weighted by atomic mass is 16.4. The molecule has 1 fully saturated rings. The first-order valence-electron chi connectivity index (χ1n) is 6.89. The Morgan fingerprint density at radius 1 is 1.55 bits per heavy atom. The van der Waals surface area contributed by atoms with E-state index < -0.39 is 5.97 Å². The first-order valence-corrected chi connectivity index (χ1v) is 6.89. The Bertz CT molecular complexity index is 591. The Morgan fingerprint density at radius 3 is 3.10 bits per heavy atom. The van der Waals surface area contributed by atoms with Gasteiger partial charge in [-0.3, -0.25) is 14.1 Å². The van der Waals surface area contributed by atoms with Gasteiger partial charge in [-0.05, 0) is 32.4 Å². The lowest BCUT2D eigenvalue weighted by Crippen LogP contribution is -2.42. The van der Waals surface area contributed by atoms with Crippen molar-refractivity contribution >= 4 is 11.7 Å². The predicted molar refractivity (Wildman–Crippen MR) is 73.2 cm³/mol. The first-order chi connectivity index (χ1) is 9.63. The van der Waals surface area contributed by atoms with E-state index in [0.717, 1.165) is 18.8 Å². The van der Waals surface area contributed by atoms with Crippen molar-refractivity contribution in [1.82, 2.24) is 19.3 Å². The fourth-order valence-electron chi connectivity index (χ4n) is 2.84. The average molecular weight is 274 g/mol. The Balaban J connectivity index is 1.70. The minimum absolute atomic E-state index is 0.205. The van der Waals surface area contributed by atoms with Gasteiger partial charge in [0, 0.05) is 31.2 Å². The monoisotopic (exact) mass is 274 g/mol. The first kappa shape index (κ1) is 13.1. The summed E-state index contributed by atoms with van der Waals surface area (Å²) in [5, 5.41) is 9.08. The molecular weight excluding hydrogens is 256 g/mol. The molecular formula is C14H18N4O2. The smallest absolute Gasteiger partial charge is 0.306 e. The van der Waals surface area contributed by atoms with Crippen molar-refractivity contribution in [2.75, 3.05) is 6.54 Å². The summed E-state index contributed by atoms with van der Waals surface area (Å²) in [5.74, 6) is -0.173. The third kappa shape index (κ3) is 2.51. The lowest BCUT2D eigenvalue weighted by molar-refractivity contribution is -0.144. The number of aromatic nitrogens is 3. The molecule has 3 heterocycles. The van der Waals surface area contributed by atoms with E-state index in [1.54, 1.807) is 6.20 Å². The molecule has 2 atom stereocenters. The van der Waals surface area contributed by atoms with E-state index in [9.17, 15) is 4.79 Å². The summed E-state index contributed by atoms with van der Waals surface area (Å²) in [6.45, 7) is 3.64. The van der Waals surface area contributed by atoms with Crippen molar-refractivity contribution in [3.63, 3.8) is 0 Å². The summed E-state index contributed by atoms with van der Waals surface area (Å²) in [4.78, 5) is 22.0. The molecule has 1 aliphatic heterocycles. The molecule has 106 valence electrons. The second-order valence-electron chi connectivity index (χ2n) is 5.44. The number of aliphatic carboxylic acids is 1. The maximum Gasteiger partial charge on any atom is 0.306 e. The average Bonchev–Trinajstić information content (AvgIpc) is 2.83. The maximum atomic E-state index is 11.0. The lowest BCUT2D eigenvalue weighted by atomic mass is 9.92. The lowest BCUT2D eigenvalue weighted by Gasteiger charge is -2.35. The predicted octanol–water partition coefficient (Wildman–Crippen LogP) is 1.41. The molecule has 1 N–H and O–H groups in total. The summed E-state index contributed by atoms with van der Waals surface area (Å²) >= 11 is 0. The van der Waals surface area contributed by atoms with Crippen molar-refractivity contribution in [2.45, 2.75) is 32.4 Å². The fraction of sp³-hybridized carbons (Fsp3) is 0.500. The van der Waals surface area contributed by atoms with Gasteiger partial charge in [0.25, 0.3) is 0 Å². The van der Waals surface area contributed by atoms with Crippen LogP contribution in [-0.4, -0.2) is 42.9 Å². The van der Waals surface area contributed by atoms with Gasteiger partial charge >= 0.3 is 5.97 Å². The van der Waals surface area contributed by atoms with Crippen LogP contribution in [0.15, 0.2) is 24.7 Å². The number of piperidine rings is 1. The van der Waals surface area contributed by atoms with Crippen LogP contribution in [0.1, 0.15) is 25.5 Å². The van der Waals surface area contributed by atoms with Gasteiger partial charge in [-0.1, -0.05) is 0 Å². The van der Waals surface area contributed by atoms with Gasteiger partial charge in [0.2, 0.25) is 5.78 Å². The van der Waals surface area contributed by atoms with Crippen molar-refractivity contribution < 1.29 is 9.90 Å². The number of carboxylic acids is 1. The minimum atomic E-state index is -0.673. The van der Waals surface area contributed by atoms with E-state index in [4.69, 9.17) is 5.11 Å². The van der Waals surface area contributed by atoms with Crippen LogP contribution in [0, 0.1) is 5.92 Å². The summed E-state index contributed by atoms with van der Waals surface area (Å²) in [6, 6.07) is 2.14. The summed E-state index contributed by atoms with van der Waals surface area (Å²) < 4.78 is 1.91. The standard InChI is InChI=1S/C14H18N4O2/c1-10-7-11(13(19)20)3-6-17(10)8-12-9-18-5-2-4-15-14(18)16-12/h2,4-5,9-11H,3,6-8H2,1H3,(H,19,20). The number of likely N-dealkylation sites (tertiary alicyclic amines) is 1. The third-order valence-electron chi connectivity index (χ3n) is 4.01. The number of hydrogen-bond donors (Lipinski definition) is 1. The molecule has 2 unspecified atom stereocenters. The Morgan fingerprint density at radius 2 is 2.40 bits per heavy atom. The van der Waals surface area contributed by atoms with Gasteiger partial charge in [-0.15, -0.1) is 0 Å². The van der Waals surface area contributed by atoms with Crippen molar-refractivity contribution in [3.8, 4) is 0 Å². The zero-order chi connectivity index (χ0) is 14.1. The molecule has 0 aliphatic carbocycles. The van der Waals surface area contributed by atoms with Gasteiger partial charge in [0.1, 0.15) is 0 Å². The van der Waals surface area contributed by atoms with E-state index in [2.05, 4.69) is 21.8 Å². The van der Waals surface area contributed by atoms with Gasteiger partial charge in [0.05, 0.1) is 11.6 Å². The number of carbonyl (C=O) groups is 1. The summed E-state index contributed by atoms with van der Waals surface area (Å²) in [6.07, 6.45) is 7.07. The molecule has 1 saturated heterocycles. The highest BCUT2D eigenvalue weighted by Crippen LogP contribution is 2.24. The normalized spacial score (nSPS) is 24.1. The Labute approximate surface area is 117 Å². The molecule has 0 aromatic carbocycles. The van der Waals surface area contributed by atoms with Crippen LogP contribution >= 0.6 is 0 Å². The highest BCUT2D eigenvalue weighted by Gasteiger charge is 2.29. The van der Waals surface area contributed by atoms with E-state index in [1.807, 2.05) is 22.9 Å². The number of imidazole rings is 1. The van der Waals surface area contributed by atoms with Crippen LogP contribution in [0.2, 0.25) is 0 Å². The van der Waals surface area contributed by atoms with Crippen LogP contribution in [-0.2, 0) is 11.3 Å². The molecule has 6 heteroatoms. The van der Waals surface area contributed by atoms with Crippen LogP contribution in [0.4, 0.5) is 0 Å². The number of rotatable bonds is 3. The Kier molecular flexibility index (Phi) is 3.40. The van der Waals surface area contributed by atoms with Gasteiger partial charge in [-0.2, -0.15) is 0 Å². The minimum Gasteiger partial charge on any atom is -0.481 e. The van der Waals surface area contributed by atoms with Crippen LogP contribution < -0.4 is 0 Å². The maximum absolute atomic E-state index is 11.0. The van der Waals surface area contributed by atoms with Crippen molar-refractivity contribution in [2.24, 2.45) is 5.92 Å². The highest BCUT2D eigenvalue weighted by molar-refractivity contribution is 5.70. The fourth-order valence-corrected chi connectivity index (χ4v) is 2.84. The zero-order valence-corrected chi connectivity index (χ0v) is 11.4. The van der Waals surface area contributed by atoms with Crippen molar-refractivity contribution in [1.29, 1.82) is 0 Å². The SMILES string of the molecule is CC1CC(C(=O)O)CCN1Cc1cn2cccnc2n1. The van der Waals surface area contributed by atoms with Gasteiger partial charge < -0.3 is 5.11 Å². The number of fused-ring (bicyclic) bond motifs is 1. The zero-order valence-electron chi connectivity index (χ0n) is 11.4. The molecule has 0 spiro atoms.